The lowest BCUT2D eigenvalue weighted by atomic mass is 9.78. The van der Waals surface area contributed by atoms with E-state index in [1.54, 1.807) is 0 Å². The second-order valence-electron chi connectivity index (χ2n) is 16.8. The van der Waals surface area contributed by atoms with Crippen molar-refractivity contribution in [3.63, 3.8) is 0 Å². The normalized spacial score (nSPS) is 15.0. The summed E-state index contributed by atoms with van der Waals surface area (Å²) < 4.78 is 10.2. The van der Waals surface area contributed by atoms with E-state index in [9.17, 15) is 45.3 Å². The quantitative estimate of drug-likeness (QED) is 0.112. The standard InChI is InChI=1S/C22H36O7.C19H30O6/c1-21(2,3)14-9-13(10-15(19(14)27)22(4,5)6)7-8-29-18(26)11-16(24)20(28)17(25)12-23;1-5-13-8-12(9-14(18(13)24)19(2,3)4)6-7-25-17(23)10-15(21)16(22)11-20/h9-10,16-17,20,23-25,27-28H,7-8,11-12H2,1-6H3;8-9,15-16,20-22,24H,5-7,10-11H2,1-4H3. The molecule has 2 rings (SSSR count). The van der Waals surface area contributed by atoms with Crippen LogP contribution in [0.1, 0.15) is 115 Å². The number of aliphatic hydroxyl groups is 7. The minimum Gasteiger partial charge on any atom is -0.507 e. The van der Waals surface area contributed by atoms with Crippen molar-refractivity contribution >= 4 is 11.9 Å². The summed E-state index contributed by atoms with van der Waals surface area (Å²) in [5.74, 6) is -0.750. The predicted molar refractivity (Wildman–Crippen MR) is 204 cm³/mol. The van der Waals surface area contributed by atoms with E-state index < -0.39 is 62.1 Å². The lowest BCUT2D eigenvalue weighted by Crippen LogP contribution is -2.40. The van der Waals surface area contributed by atoms with Gasteiger partial charge in [0, 0.05) is 12.8 Å². The monoisotopic (exact) mass is 766 g/mol. The second-order valence-corrected chi connectivity index (χ2v) is 16.8. The van der Waals surface area contributed by atoms with Crippen molar-refractivity contribution in [3.8, 4) is 11.5 Å². The first-order valence-corrected chi connectivity index (χ1v) is 18.4. The maximum atomic E-state index is 11.9. The molecule has 0 aliphatic heterocycles. The average Bonchev–Trinajstić information content (AvgIpc) is 3.06. The molecule has 5 unspecified atom stereocenters. The van der Waals surface area contributed by atoms with Crippen LogP contribution in [0.3, 0.4) is 0 Å². The third-order valence-electron chi connectivity index (χ3n) is 8.89. The summed E-state index contributed by atoms with van der Waals surface area (Å²) >= 11 is 0. The zero-order chi connectivity index (χ0) is 41.8. The van der Waals surface area contributed by atoms with Gasteiger partial charge in [0.05, 0.1) is 51.5 Å². The Bertz CT molecular complexity index is 1450. The van der Waals surface area contributed by atoms with Gasteiger partial charge in [-0.05, 0) is 56.0 Å². The van der Waals surface area contributed by atoms with Crippen molar-refractivity contribution in [1.82, 2.24) is 0 Å². The fraction of sp³-hybridized carbons (Fsp3) is 0.659. The number of aryl methyl sites for hydroxylation is 1. The lowest BCUT2D eigenvalue weighted by Gasteiger charge is -2.28. The van der Waals surface area contributed by atoms with E-state index >= 15 is 0 Å². The molecule has 0 bridgehead atoms. The highest BCUT2D eigenvalue weighted by atomic mass is 16.5. The molecule has 0 amide bonds. The molecule has 0 aliphatic carbocycles. The van der Waals surface area contributed by atoms with E-state index in [4.69, 9.17) is 19.7 Å². The number of phenols is 2. The second kappa shape index (κ2) is 21.1. The fourth-order valence-corrected chi connectivity index (χ4v) is 5.50. The Labute approximate surface area is 320 Å². The highest BCUT2D eigenvalue weighted by molar-refractivity contribution is 5.70. The molecule has 0 aliphatic rings. The summed E-state index contributed by atoms with van der Waals surface area (Å²) in [6, 6.07) is 7.65. The maximum Gasteiger partial charge on any atom is 0.308 e. The van der Waals surface area contributed by atoms with Crippen molar-refractivity contribution in [3.05, 3.63) is 57.6 Å². The Hall–Kier alpha value is -3.30. The number of hydrogen-bond acceptors (Lipinski definition) is 13. The van der Waals surface area contributed by atoms with Gasteiger partial charge in [-0.2, -0.15) is 0 Å². The number of phenolic OH excluding ortho intramolecular Hbond substituents is 2. The van der Waals surface area contributed by atoms with Crippen LogP contribution < -0.4 is 0 Å². The van der Waals surface area contributed by atoms with Gasteiger partial charge in [-0.3, -0.25) is 9.59 Å². The van der Waals surface area contributed by atoms with Crippen molar-refractivity contribution in [2.24, 2.45) is 0 Å². The maximum absolute atomic E-state index is 11.9. The van der Waals surface area contributed by atoms with E-state index in [-0.39, 0.29) is 41.6 Å². The summed E-state index contributed by atoms with van der Waals surface area (Å²) in [4.78, 5) is 23.5. The third kappa shape index (κ3) is 15.4. The molecule has 308 valence electrons. The van der Waals surface area contributed by atoms with Gasteiger partial charge in [-0.15, -0.1) is 0 Å². The molecule has 13 nitrogen and oxygen atoms in total. The lowest BCUT2D eigenvalue weighted by molar-refractivity contribution is -0.150. The van der Waals surface area contributed by atoms with Gasteiger partial charge in [0.15, 0.2) is 0 Å². The van der Waals surface area contributed by atoms with Gasteiger partial charge < -0.3 is 55.4 Å². The number of benzene rings is 2. The van der Waals surface area contributed by atoms with Crippen LogP contribution in [0.15, 0.2) is 24.3 Å². The minimum absolute atomic E-state index is 0.0716. The van der Waals surface area contributed by atoms with E-state index in [1.807, 2.05) is 93.5 Å². The molecule has 0 radical (unpaired) electrons. The van der Waals surface area contributed by atoms with Crippen molar-refractivity contribution < 1.29 is 65.0 Å². The van der Waals surface area contributed by atoms with E-state index in [0.29, 0.717) is 25.0 Å². The predicted octanol–water partition coefficient (Wildman–Crippen LogP) is 2.98. The molecule has 0 saturated heterocycles. The Morgan fingerprint density at radius 1 is 0.574 bits per heavy atom. The molecule has 0 aromatic heterocycles. The van der Waals surface area contributed by atoms with Crippen LogP contribution in [0.4, 0.5) is 0 Å². The summed E-state index contributed by atoms with van der Waals surface area (Å²) in [5, 5.41) is 86.0. The molecule has 2 aromatic carbocycles. The van der Waals surface area contributed by atoms with Gasteiger partial charge in [0.25, 0.3) is 0 Å². The summed E-state index contributed by atoms with van der Waals surface area (Å²) in [6.45, 7) is 19.0. The third-order valence-corrected chi connectivity index (χ3v) is 8.89. The summed E-state index contributed by atoms with van der Waals surface area (Å²) in [6.07, 6.45) is -6.63. The van der Waals surface area contributed by atoms with Crippen LogP contribution in [-0.2, 0) is 54.6 Å². The van der Waals surface area contributed by atoms with Crippen LogP contribution >= 0.6 is 0 Å². The van der Waals surface area contributed by atoms with E-state index in [1.165, 1.54) is 0 Å². The minimum atomic E-state index is -1.63. The Kier molecular flexibility index (Phi) is 19.1. The summed E-state index contributed by atoms with van der Waals surface area (Å²) in [7, 11) is 0. The summed E-state index contributed by atoms with van der Waals surface area (Å²) in [5.41, 5.74) is 4.51. The molecule has 0 fully saturated rings. The zero-order valence-corrected chi connectivity index (χ0v) is 33.7. The van der Waals surface area contributed by atoms with Gasteiger partial charge >= 0.3 is 11.9 Å². The number of esters is 2. The van der Waals surface area contributed by atoms with Gasteiger partial charge in [-0.1, -0.05) is 93.5 Å². The highest BCUT2D eigenvalue weighted by Gasteiger charge is 2.28. The van der Waals surface area contributed by atoms with Gasteiger partial charge in [-0.25, -0.2) is 0 Å². The first kappa shape index (κ1) is 48.7. The number of rotatable bonds is 16. The molecule has 0 heterocycles. The molecule has 0 spiro atoms. The van der Waals surface area contributed by atoms with Crippen molar-refractivity contribution in [1.29, 1.82) is 0 Å². The molecule has 54 heavy (non-hydrogen) atoms. The van der Waals surface area contributed by atoms with Gasteiger partial charge in [0.2, 0.25) is 0 Å². The largest absolute Gasteiger partial charge is 0.507 e. The molecular weight excluding hydrogens is 700 g/mol. The number of aromatic hydroxyl groups is 2. The first-order chi connectivity index (χ1) is 24.8. The highest BCUT2D eigenvalue weighted by Crippen LogP contribution is 2.40. The Morgan fingerprint density at radius 2 is 0.944 bits per heavy atom. The molecule has 9 N–H and O–H groups in total. The fourth-order valence-electron chi connectivity index (χ4n) is 5.50. The number of aliphatic hydroxyl groups excluding tert-OH is 7. The first-order valence-electron chi connectivity index (χ1n) is 18.4. The Balaban J connectivity index is 0.000000546. The SMILES string of the molecule is CC(C)(C)c1cc(CCOC(=O)CC(O)C(O)C(O)CO)cc(C(C)(C)C)c1O.CCc1cc(CCOC(=O)CC(O)C(O)CO)cc(C(C)(C)C)c1O. The average molecular weight is 767 g/mol. The van der Waals surface area contributed by atoms with Crippen LogP contribution in [0.5, 0.6) is 11.5 Å². The number of ether oxygens (including phenoxy) is 2. The molecule has 5 atom stereocenters. The molecule has 2 aromatic rings. The number of hydrogen-bond donors (Lipinski definition) is 9. The van der Waals surface area contributed by atoms with Crippen LogP contribution in [0.2, 0.25) is 0 Å². The van der Waals surface area contributed by atoms with Crippen LogP contribution in [-0.4, -0.2) is 115 Å². The Morgan fingerprint density at radius 3 is 1.31 bits per heavy atom. The van der Waals surface area contributed by atoms with Crippen molar-refractivity contribution in [2.75, 3.05) is 26.4 Å². The van der Waals surface area contributed by atoms with E-state index in [0.717, 1.165) is 33.4 Å². The van der Waals surface area contributed by atoms with Gasteiger partial charge in [0.1, 0.15) is 29.8 Å². The van der Waals surface area contributed by atoms with Crippen LogP contribution in [0.25, 0.3) is 0 Å². The van der Waals surface area contributed by atoms with Crippen molar-refractivity contribution in [2.45, 2.75) is 148 Å². The molecule has 13 heteroatoms. The number of carbonyl (C=O) groups excluding carboxylic acids is 2. The smallest absolute Gasteiger partial charge is 0.308 e. The van der Waals surface area contributed by atoms with E-state index in [2.05, 4.69) is 0 Å². The zero-order valence-electron chi connectivity index (χ0n) is 33.7. The molecule has 0 saturated carbocycles. The topological polar surface area (TPSA) is 235 Å². The molecular formula is C41H66O13. The van der Waals surface area contributed by atoms with Crippen LogP contribution in [0, 0.1) is 0 Å². The number of carbonyl (C=O) groups is 2.